The van der Waals surface area contributed by atoms with Crippen molar-refractivity contribution in [2.45, 2.75) is 57.8 Å². The Bertz CT molecular complexity index is 312. The van der Waals surface area contributed by atoms with Crippen LogP contribution in [0.25, 0.3) is 0 Å². The van der Waals surface area contributed by atoms with Gasteiger partial charge in [0.25, 0.3) is 0 Å². The SMILES string of the molecule is O=S(=O)(CC1CCCCC1)N1CCCCCC1. The van der Waals surface area contributed by atoms with Crippen LogP contribution in [0.15, 0.2) is 0 Å². The van der Waals surface area contributed by atoms with Crippen molar-refractivity contribution in [2.24, 2.45) is 5.92 Å². The molecule has 0 aromatic heterocycles. The van der Waals surface area contributed by atoms with Crippen molar-refractivity contribution < 1.29 is 8.42 Å². The molecule has 0 atom stereocenters. The van der Waals surface area contributed by atoms with E-state index in [1.54, 1.807) is 4.31 Å². The fourth-order valence-corrected chi connectivity index (χ4v) is 5.03. The molecule has 2 rings (SSSR count). The number of rotatable bonds is 3. The van der Waals surface area contributed by atoms with Gasteiger partial charge in [-0.3, -0.25) is 0 Å². The van der Waals surface area contributed by atoms with Crippen molar-refractivity contribution in [3.8, 4) is 0 Å². The van der Waals surface area contributed by atoms with E-state index in [0.717, 1.165) is 38.8 Å². The predicted octanol–water partition coefficient (Wildman–Crippen LogP) is 2.77. The lowest BCUT2D eigenvalue weighted by atomic mass is 9.91. The maximum atomic E-state index is 12.3. The zero-order valence-corrected chi connectivity index (χ0v) is 11.6. The van der Waals surface area contributed by atoms with Crippen molar-refractivity contribution >= 4 is 10.0 Å². The van der Waals surface area contributed by atoms with Gasteiger partial charge in [-0.15, -0.1) is 0 Å². The van der Waals surface area contributed by atoms with Crippen LogP contribution in [0.3, 0.4) is 0 Å². The minimum atomic E-state index is -2.97. The topological polar surface area (TPSA) is 37.4 Å². The number of hydrogen-bond donors (Lipinski definition) is 0. The Morgan fingerprint density at radius 1 is 0.824 bits per heavy atom. The molecule has 1 saturated carbocycles. The molecular formula is C13H25NO2S. The van der Waals surface area contributed by atoms with E-state index in [-0.39, 0.29) is 0 Å². The van der Waals surface area contributed by atoms with Gasteiger partial charge in [-0.1, -0.05) is 32.1 Å². The summed E-state index contributed by atoms with van der Waals surface area (Å²) < 4.78 is 26.4. The van der Waals surface area contributed by atoms with Gasteiger partial charge in [0, 0.05) is 13.1 Å². The number of sulfonamides is 1. The summed E-state index contributed by atoms with van der Waals surface area (Å²) in [4.78, 5) is 0. The van der Waals surface area contributed by atoms with Gasteiger partial charge in [0.1, 0.15) is 0 Å². The zero-order chi connectivity index (χ0) is 12.1. The monoisotopic (exact) mass is 259 g/mol. The van der Waals surface area contributed by atoms with Gasteiger partial charge >= 0.3 is 0 Å². The van der Waals surface area contributed by atoms with Crippen LogP contribution in [0.1, 0.15) is 57.8 Å². The van der Waals surface area contributed by atoms with E-state index in [0.29, 0.717) is 11.7 Å². The van der Waals surface area contributed by atoms with Crippen molar-refractivity contribution in [2.75, 3.05) is 18.8 Å². The molecule has 0 aromatic rings. The summed E-state index contributed by atoms with van der Waals surface area (Å²) in [5, 5.41) is 0. The van der Waals surface area contributed by atoms with Crippen LogP contribution >= 0.6 is 0 Å². The third-order valence-corrected chi connectivity index (χ3v) is 6.17. The van der Waals surface area contributed by atoms with Gasteiger partial charge in [-0.05, 0) is 31.6 Å². The molecule has 0 radical (unpaired) electrons. The van der Waals surface area contributed by atoms with Gasteiger partial charge in [-0.2, -0.15) is 0 Å². The minimum Gasteiger partial charge on any atom is -0.212 e. The number of hydrogen-bond acceptors (Lipinski definition) is 2. The average molecular weight is 259 g/mol. The highest BCUT2D eigenvalue weighted by molar-refractivity contribution is 7.89. The van der Waals surface area contributed by atoms with Crippen molar-refractivity contribution in [1.29, 1.82) is 0 Å². The molecule has 0 unspecified atom stereocenters. The molecule has 4 heteroatoms. The van der Waals surface area contributed by atoms with Crippen LogP contribution < -0.4 is 0 Å². The van der Waals surface area contributed by atoms with Crippen LogP contribution in [-0.2, 0) is 10.0 Å². The fourth-order valence-electron chi connectivity index (χ4n) is 3.08. The maximum Gasteiger partial charge on any atom is 0.214 e. The van der Waals surface area contributed by atoms with Crippen molar-refractivity contribution in [1.82, 2.24) is 4.31 Å². The Morgan fingerprint density at radius 3 is 1.94 bits per heavy atom. The minimum absolute atomic E-state index is 0.410. The molecule has 1 aliphatic heterocycles. The second-order valence-corrected chi connectivity index (χ2v) is 7.61. The summed E-state index contributed by atoms with van der Waals surface area (Å²) in [7, 11) is -2.97. The van der Waals surface area contributed by atoms with E-state index in [4.69, 9.17) is 0 Å². The van der Waals surface area contributed by atoms with Crippen LogP contribution in [-0.4, -0.2) is 31.6 Å². The van der Waals surface area contributed by atoms with Gasteiger partial charge in [0.05, 0.1) is 5.75 Å². The van der Waals surface area contributed by atoms with E-state index in [9.17, 15) is 8.42 Å². The van der Waals surface area contributed by atoms with Crippen LogP contribution in [0.4, 0.5) is 0 Å². The van der Waals surface area contributed by atoms with Crippen molar-refractivity contribution in [3.63, 3.8) is 0 Å². The molecule has 2 aliphatic rings. The summed E-state index contributed by atoms with van der Waals surface area (Å²) in [5.41, 5.74) is 0. The Balaban J connectivity index is 1.91. The Hall–Kier alpha value is -0.0900. The second-order valence-electron chi connectivity index (χ2n) is 5.60. The lowest BCUT2D eigenvalue weighted by Crippen LogP contribution is -2.36. The number of nitrogens with zero attached hydrogens (tertiary/aromatic N) is 1. The average Bonchev–Trinajstić information content (AvgIpc) is 2.58. The zero-order valence-electron chi connectivity index (χ0n) is 10.7. The quantitative estimate of drug-likeness (QED) is 0.781. The summed E-state index contributed by atoms with van der Waals surface area (Å²) in [5.74, 6) is 0.838. The predicted molar refractivity (Wildman–Crippen MR) is 70.4 cm³/mol. The highest BCUT2D eigenvalue weighted by atomic mass is 32.2. The molecule has 1 saturated heterocycles. The van der Waals surface area contributed by atoms with E-state index < -0.39 is 10.0 Å². The van der Waals surface area contributed by atoms with Crippen LogP contribution in [0, 0.1) is 5.92 Å². The molecule has 2 fully saturated rings. The molecule has 1 aliphatic carbocycles. The molecule has 0 N–H and O–H groups in total. The van der Waals surface area contributed by atoms with Gasteiger partial charge in [-0.25, -0.2) is 12.7 Å². The van der Waals surface area contributed by atoms with Gasteiger partial charge in [0.2, 0.25) is 10.0 Å². The van der Waals surface area contributed by atoms with E-state index in [1.165, 1.54) is 32.1 Å². The molecule has 0 aromatic carbocycles. The smallest absolute Gasteiger partial charge is 0.212 e. The molecule has 17 heavy (non-hydrogen) atoms. The lowest BCUT2D eigenvalue weighted by molar-refractivity contribution is 0.368. The molecule has 100 valence electrons. The first-order chi connectivity index (χ1) is 8.18. The fraction of sp³-hybridized carbons (Fsp3) is 1.00. The first-order valence-corrected chi connectivity index (χ1v) is 8.77. The van der Waals surface area contributed by atoms with E-state index >= 15 is 0 Å². The standard InChI is InChI=1S/C13H25NO2S/c15-17(16,12-13-8-4-3-5-9-13)14-10-6-1-2-7-11-14/h13H,1-12H2. The molecule has 0 bridgehead atoms. The Morgan fingerprint density at radius 2 is 1.35 bits per heavy atom. The molecule has 3 nitrogen and oxygen atoms in total. The van der Waals surface area contributed by atoms with Gasteiger partial charge < -0.3 is 0 Å². The highest BCUT2D eigenvalue weighted by Crippen LogP contribution is 2.26. The molecule has 0 amide bonds. The third kappa shape index (κ3) is 3.95. The molecule has 0 spiro atoms. The Kier molecular flexibility index (Phi) is 4.86. The second kappa shape index (κ2) is 6.19. The molecular weight excluding hydrogens is 234 g/mol. The molecule has 1 heterocycles. The summed E-state index contributed by atoms with van der Waals surface area (Å²) in [6, 6.07) is 0. The summed E-state index contributed by atoms with van der Waals surface area (Å²) >= 11 is 0. The summed E-state index contributed by atoms with van der Waals surface area (Å²) in [6.07, 6.45) is 10.4. The third-order valence-electron chi connectivity index (χ3n) is 4.13. The lowest BCUT2D eigenvalue weighted by Gasteiger charge is -2.26. The van der Waals surface area contributed by atoms with E-state index in [2.05, 4.69) is 0 Å². The van der Waals surface area contributed by atoms with Crippen molar-refractivity contribution in [3.05, 3.63) is 0 Å². The normalized spacial score (nSPS) is 25.6. The highest BCUT2D eigenvalue weighted by Gasteiger charge is 2.27. The summed E-state index contributed by atoms with van der Waals surface area (Å²) in [6.45, 7) is 1.52. The Labute approximate surface area is 106 Å². The first kappa shape index (κ1) is 13.3. The van der Waals surface area contributed by atoms with Crippen LogP contribution in [0.2, 0.25) is 0 Å². The largest absolute Gasteiger partial charge is 0.214 e. The van der Waals surface area contributed by atoms with Crippen LogP contribution in [0.5, 0.6) is 0 Å². The maximum absolute atomic E-state index is 12.3. The first-order valence-electron chi connectivity index (χ1n) is 7.16. The van der Waals surface area contributed by atoms with E-state index in [1.807, 2.05) is 0 Å². The van der Waals surface area contributed by atoms with Gasteiger partial charge in [0.15, 0.2) is 0 Å².